The summed E-state index contributed by atoms with van der Waals surface area (Å²) in [7, 11) is -3.33. The average molecular weight is 499 g/mol. The summed E-state index contributed by atoms with van der Waals surface area (Å²) in [5.41, 5.74) is 4.91. The first-order valence-electron chi connectivity index (χ1n) is 10.1. The van der Waals surface area contributed by atoms with Crippen molar-refractivity contribution in [3.05, 3.63) is 70.0 Å². The molecule has 0 bridgehead atoms. The molecule has 0 saturated heterocycles. The number of benzene rings is 2. The molecule has 4 rings (SSSR count). The molecule has 0 fully saturated rings. The molecule has 0 aliphatic rings. The van der Waals surface area contributed by atoms with Crippen LogP contribution >= 0.6 is 22.7 Å². The Bertz CT molecular complexity index is 1390. The van der Waals surface area contributed by atoms with E-state index in [1.807, 2.05) is 24.4 Å². The third-order valence-electron chi connectivity index (χ3n) is 4.82. The first kappa shape index (κ1) is 23.1. The van der Waals surface area contributed by atoms with E-state index in [1.54, 1.807) is 24.3 Å². The van der Waals surface area contributed by atoms with Crippen molar-refractivity contribution in [2.24, 2.45) is 0 Å². The van der Waals surface area contributed by atoms with Crippen LogP contribution in [0.2, 0.25) is 0 Å². The minimum Gasteiger partial charge on any atom is -0.297 e. The van der Waals surface area contributed by atoms with Crippen LogP contribution in [0.3, 0.4) is 0 Å². The minimum atomic E-state index is -3.33. The van der Waals surface area contributed by atoms with Crippen LogP contribution in [0.5, 0.6) is 0 Å². The van der Waals surface area contributed by atoms with E-state index in [0.717, 1.165) is 28.8 Å². The fourth-order valence-corrected chi connectivity index (χ4v) is 5.40. The average Bonchev–Trinajstić information content (AvgIpc) is 3.40. The molecule has 0 unspecified atom stereocenters. The van der Waals surface area contributed by atoms with E-state index in [1.165, 1.54) is 28.2 Å². The molecule has 4 aromatic rings. The lowest BCUT2D eigenvalue weighted by Gasteiger charge is -2.04. The number of nitrogens with one attached hydrogen (secondary N) is 2. The summed E-state index contributed by atoms with van der Waals surface area (Å²) >= 11 is 2.68. The predicted molar refractivity (Wildman–Crippen MR) is 136 cm³/mol. The van der Waals surface area contributed by atoms with Crippen LogP contribution in [0.15, 0.2) is 53.9 Å². The molecule has 0 saturated carbocycles. The molecule has 2 N–H and O–H groups in total. The highest BCUT2D eigenvalue weighted by Crippen LogP contribution is 2.30. The second kappa shape index (κ2) is 9.42. The summed E-state index contributed by atoms with van der Waals surface area (Å²) in [6.07, 6.45) is 2.08. The fourth-order valence-electron chi connectivity index (χ4n) is 3.15. The van der Waals surface area contributed by atoms with Gasteiger partial charge in [-0.25, -0.2) is 18.4 Å². The Morgan fingerprint density at radius 3 is 2.30 bits per heavy atom. The zero-order valence-electron chi connectivity index (χ0n) is 18.2. The first-order chi connectivity index (χ1) is 15.7. The van der Waals surface area contributed by atoms with Crippen LogP contribution in [0.1, 0.15) is 27.9 Å². The van der Waals surface area contributed by atoms with Crippen molar-refractivity contribution >= 4 is 49.4 Å². The topological polar surface area (TPSA) is 101 Å². The Morgan fingerprint density at radius 2 is 1.67 bits per heavy atom. The second-order valence-electron chi connectivity index (χ2n) is 7.43. The Kier molecular flexibility index (Phi) is 6.59. The summed E-state index contributed by atoms with van der Waals surface area (Å²) in [5, 5.41) is 5.99. The molecule has 2 aromatic carbocycles. The molecule has 0 spiro atoms. The fraction of sp³-hybridized carbons (Fsp3) is 0.174. The zero-order chi connectivity index (χ0) is 23.6. The molecular formula is C23H22N4O3S3. The Balaban J connectivity index is 1.47. The quantitative estimate of drug-likeness (QED) is 0.354. The number of rotatable bonds is 7. The number of nitrogens with zero attached hydrogens (tertiary/aromatic N) is 2. The number of anilines is 2. The van der Waals surface area contributed by atoms with E-state index in [9.17, 15) is 13.2 Å². The van der Waals surface area contributed by atoms with Crippen LogP contribution in [0.4, 0.5) is 10.8 Å². The molecule has 0 atom stereocenters. The predicted octanol–water partition coefficient (Wildman–Crippen LogP) is 5.43. The highest BCUT2D eigenvalue weighted by molar-refractivity contribution is 7.92. The van der Waals surface area contributed by atoms with Gasteiger partial charge >= 0.3 is 0 Å². The molecule has 10 heteroatoms. The summed E-state index contributed by atoms with van der Waals surface area (Å²) in [6.45, 7) is 3.94. The maximum atomic E-state index is 12.9. The van der Waals surface area contributed by atoms with E-state index in [2.05, 4.69) is 39.1 Å². The smallest absolute Gasteiger partial charge is 0.269 e. The number of thiazole rings is 2. The van der Waals surface area contributed by atoms with Crippen molar-refractivity contribution in [3.63, 3.8) is 0 Å². The third kappa shape index (κ3) is 5.65. The molecule has 1 amide bonds. The number of amides is 1. The van der Waals surface area contributed by atoms with Gasteiger partial charge in [-0.05, 0) is 31.0 Å². The van der Waals surface area contributed by atoms with E-state index < -0.39 is 10.0 Å². The molecule has 2 aromatic heterocycles. The van der Waals surface area contributed by atoms with Crippen LogP contribution in [-0.2, 0) is 16.4 Å². The van der Waals surface area contributed by atoms with Crippen molar-refractivity contribution in [1.29, 1.82) is 0 Å². The van der Waals surface area contributed by atoms with Gasteiger partial charge in [0.1, 0.15) is 9.88 Å². The molecule has 7 nitrogen and oxygen atoms in total. The summed E-state index contributed by atoms with van der Waals surface area (Å²) in [5.74, 6) is -0.241. The lowest BCUT2D eigenvalue weighted by molar-refractivity contribution is 0.103. The Hall–Kier alpha value is -3.08. The number of aromatic nitrogens is 2. The van der Waals surface area contributed by atoms with Gasteiger partial charge in [0.15, 0.2) is 5.13 Å². The van der Waals surface area contributed by atoms with Gasteiger partial charge in [0, 0.05) is 22.2 Å². The van der Waals surface area contributed by atoms with Gasteiger partial charge in [0.25, 0.3) is 5.91 Å². The molecule has 33 heavy (non-hydrogen) atoms. The molecule has 0 radical (unpaired) electrons. The third-order valence-corrected chi connectivity index (χ3v) is 7.39. The number of sulfonamides is 1. The van der Waals surface area contributed by atoms with Gasteiger partial charge in [-0.1, -0.05) is 43.3 Å². The second-order valence-corrected chi connectivity index (χ2v) is 11.0. The maximum absolute atomic E-state index is 12.9. The van der Waals surface area contributed by atoms with Crippen molar-refractivity contribution in [2.75, 3.05) is 16.3 Å². The normalized spacial score (nSPS) is 11.4. The van der Waals surface area contributed by atoms with Crippen molar-refractivity contribution in [2.45, 2.75) is 20.3 Å². The van der Waals surface area contributed by atoms with Crippen molar-refractivity contribution in [3.8, 4) is 21.8 Å². The van der Waals surface area contributed by atoms with Crippen LogP contribution in [0.25, 0.3) is 21.8 Å². The number of aryl methyl sites for hydroxylation is 2. The highest BCUT2D eigenvalue weighted by Gasteiger charge is 2.18. The molecule has 170 valence electrons. The number of carbonyl (C=O) groups is 1. The van der Waals surface area contributed by atoms with Crippen molar-refractivity contribution < 1.29 is 13.2 Å². The molecule has 0 aliphatic heterocycles. The van der Waals surface area contributed by atoms with Crippen molar-refractivity contribution in [1.82, 2.24) is 9.97 Å². The number of hydrogen-bond donors (Lipinski definition) is 2. The summed E-state index contributed by atoms with van der Waals surface area (Å²) < 4.78 is 25.1. The number of hydrogen-bond acceptors (Lipinski definition) is 7. The molecule has 0 aliphatic carbocycles. The van der Waals surface area contributed by atoms with Crippen LogP contribution < -0.4 is 10.0 Å². The summed E-state index contributed by atoms with van der Waals surface area (Å²) in [4.78, 5) is 22.5. The Morgan fingerprint density at radius 1 is 1.00 bits per heavy atom. The lowest BCUT2D eigenvalue weighted by atomic mass is 10.1. The first-order valence-corrected chi connectivity index (χ1v) is 13.7. The number of carbonyl (C=O) groups excluding carboxylic acids is 1. The van der Waals surface area contributed by atoms with Gasteiger partial charge < -0.3 is 0 Å². The van der Waals surface area contributed by atoms with E-state index in [4.69, 9.17) is 0 Å². The van der Waals surface area contributed by atoms with Gasteiger partial charge in [0.05, 0.1) is 17.6 Å². The van der Waals surface area contributed by atoms with E-state index >= 15 is 0 Å². The van der Waals surface area contributed by atoms with Gasteiger partial charge in [-0.2, -0.15) is 0 Å². The molecular weight excluding hydrogens is 476 g/mol. The Labute approximate surface area is 200 Å². The minimum absolute atomic E-state index is 0.241. The largest absolute Gasteiger partial charge is 0.297 e. The standard InChI is InChI=1S/C23H22N4O3S3/c1-4-15-5-7-17(8-6-15)22-24-14(2)20(32-22)21(28)26-23-25-19(13-31-23)16-9-11-18(12-10-16)27-33(3,29)30/h5-13,27H,4H2,1-3H3,(H,25,26,28). The van der Waals surface area contributed by atoms with E-state index in [0.29, 0.717) is 27.1 Å². The van der Waals surface area contributed by atoms with Gasteiger partial charge in [0.2, 0.25) is 10.0 Å². The van der Waals surface area contributed by atoms with Crippen LogP contribution in [0, 0.1) is 6.92 Å². The monoisotopic (exact) mass is 498 g/mol. The van der Waals surface area contributed by atoms with Gasteiger partial charge in [-0.15, -0.1) is 22.7 Å². The summed E-state index contributed by atoms with van der Waals surface area (Å²) in [6, 6.07) is 15.1. The lowest BCUT2D eigenvalue weighted by Crippen LogP contribution is -2.11. The van der Waals surface area contributed by atoms with E-state index in [-0.39, 0.29) is 5.91 Å². The zero-order valence-corrected chi connectivity index (χ0v) is 20.7. The van der Waals surface area contributed by atoms with Crippen LogP contribution in [-0.4, -0.2) is 30.5 Å². The molecule has 2 heterocycles. The van der Waals surface area contributed by atoms with Gasteiger partial charge in [-0.3, -0.25) is 14.8 Å². The maximum Gasteiger partial charge on any atom is 0.269 e. The SMILES string of the molecule is CCc1ccc(-c2nc(C)c(C(=O)Nc3nc(-c4ccc(NS(C)(=O)=O)cc4)cs3)s2)cc1. The highest BCUT2D eigenvalue weighted by atomic mass is 32.2.